The Hall–Kier alpha value is -1.25. The van der Waals surface area contributed by atoms with Crippen LogP contribution in [0.4, 0.5) is 11.4 Å². The molecule has 14 heavy (non-hydrogen) atoms. The van der Waals surface area contributed by atoms with Crippen LogP contribution < -0.4 is 11.1 Å². The van der Waals surface area contributed by atoms with Gasteiger partial charge in [0.05, 0.1) is 17.6 Å². The highest BCUT2D eigenvalue weighted by Gasteiger charge is 2.23. The van der Waals surface area contributed by atoms with Gasteiger partial charge in [-0.2, -0.15) is 0 Å². The van der Waals surface area contributed by atoms with E-state index in [-0.39, 0.29) is 0 Å². The van der Waals surface area contributed by atoms with Crippen LogP contribution in [0.1, 0.15) is 26.2 Å². The Kier molecular flexibility index (Phi) is 2.57. The summed E-state index contributed by atoms with van der Waals surface area (Å²) in [6.45, 7) is 2.23. The lowest BCUT2D eigenvalue weighted by molar-refractivity contribution is 0.285. The molecule has 1 aromatic rings. The van der Waals surface area contributed by atoms with Gasteiger partial charge in [0.2, 0.25) is 0 Å². The monoisotopic (exact) mass is 191 g/mol. The molecule has 3 nitrogen and oxygen atoms in total. The minimum absolute atomic E-state index is 0.535. The second-order valence-electron chi connectivity index (χ2n) is 4.13. The van der Waals surface area contributed by atoms with Crippen LogP contribution in [0.3, 0.4) is 0 Å². The van der Waals surface area contributed by atoms with Crippen molar-refractivity contribution in [1.82, 2.24) is 4.98 Å². The predicted molar refractivity (Wildman–Crippen MR) is 59.1 cm³/mol. The molecule has 0 radical (unpaired) electrons. The van der Waals surface area contributed by atoms with Gasteiger partial charge in [0.15, 0.2) is 0 Å². The number of rotatable bonds is 3. The topological polar surface area (TPSA) is 50.9 Å². The van der Waals surface area contributed by atoms with E-state index in [1.165, 1.54) is 19.3 Å². The van der Waals surface area contributed by atoms with Gasteiger partial charge in [-0.1, -0.05) is 6.42 Å². The summed E-state index contributed by atoms with van der Waals surface area (Å²) in [5.74, 6) is 0.830. The zero-order valence-corrected chi connectivity index (χ0v) is 8.53. The Balaban J connectivity index is 1.95. The lowest BCUT2D eigenvalue weighted by atomic mass is 9.80. The smallest absolute Gasteiger partial charge is 0.0549 e. The molecule has 1 atom stereocenters. The largest absolute Gasteiger partial charge is 0.397 e. The number of nitrogens with zero attached hydrogens (tertiary/aromatic N) is 1. The summed E-state index contributed by atoms with van der Waals surface area (Å²) in [7, 11) is 0. The third kappa shape index (κ3) is 1.97. The molecule has 0 bridgehead atoms. The van der Waals surface area contributed by atoms with Crippen LogP contribution in [0, 0.1) is 5.92 Å². The maximum absolute atomic E-state index is 5.65. The third-order valence-electron chi connectivity index (χ3n) is 3.01. The van der Waals surface area contributed by atoms with Crippen LogP contribution in [0.5, 0.6) is 0 Å². The summed E-state index contributed by atoms with van der Waals surface area (Å²) in [6, 6.07) is 2.47. The number of hydrogen-bond acceptors (Lipinski definition) is 3. The Morgan fingerprint density at radius 2 is 2.29 bits per heavy atom. The van der Waals surface area contributed by atoms with Crippen molar-refractivity contribution in [2.75, 3.05) is 11.1 Å². The van der Waals surface area contributed by atoms with E-state index in [0.717, 1.165) is 17.3 Å². The predicted octanol–water partition coefficient (Wildman–Crippen LogP) is 2.26. The van der Waals surface area contributed by atoms with Crippen LogP contribution in [-0.4, -0.2) is 11.0 Å². The van der Waals surface area contributed by atoms with Gasteiger partial charge in [0.1, 0.15) is 0 Å². The molecule has 0 aliphatic heterocycles. The van der Waals surface area contributed by atoms with Gasteiger partial charge in [-0.25, -0.2) is 0 Å². The molecule has 1 fully saturated rings. The van der Waals surface area contributed by atoms with Gasteiger partial charge in [-0.15, -0.1) is 0 Å². The first-order valence-electron chi connectivity index (χ1n) is 5.23. The van der Waals surface area contributed by atoms with Crippen LogP contribution >= 0.6 is 0 Å². The maximum atomic E-state index is 5.65. The maximum Gasteiger partial charge on any atom is 0.0549 e. The van der Waals surface area contributed by atoms with E-state index < -0.39 is 0 Å². The third-order valence-corrected chi connectivity index (χ3v) is 3.01. The molecule has 3 N–H and O–H groups in total. The minimum Gasteiger partial charge on any atom is -0.397 e. The zero-order chi connectivity index (χ0) is 9.97. The molecule has 3 heteroatoms. The molecule has 0 spiro atoms. The van der Waals surface area contributed by atoms with Crippen molar-refractivity contribution in [2.24, 2.45) is 5.92 Å². The molecule has 0 saturated heterocycles. The fourth-order valence-electron chi connectivity index (χ4n) is 1.86. The first-order valence-corrected chi connectivity index (χ1v) is 5.23. The Morgan fingerprint density at radius 3 is 2.86 bits per heavy atom. The van der Waals surface area contributed by atoms with Crippen LogP contribution in [0.15, 0.2) is 18.5 Å². The van der Waals surface area contributed by atoms with Crippen molar-refractivity contribution in [3.05, 3.63) is 18.5 Å². The van der Waals surface area contributed by atoms with Gasteiger partial charge in [-0.3, -0.25) is 4.98 Å². The lowest BCUT2D eigenvalue weighted by Gasteiger charge is -2.32. The first-order chi connectivity index (χ1) is 6.75. The molecule has 1 aliphatic carbocycles. The summed E-state index contributed by atoms with van der Waals surface area (Å²) >= 11 is 0. The number of hydrogen-bond donors (Lipinski definition) is 2. The number of nitrogens with one attached hydrogen (secondary N) is 1. The van der Waals surface area contributed by atoms with Crippen molar-refractivity contribution in [1.29, 1.82) is 0 Å². The molecule has 1 aromatic heterocycles. The van der Waals surface area contributed by atoms with Gasteiger partial charge < -0.3 is 11.1 Å². The van der Waals surface area contributed by atoms with E-state index in [4.69, 9.17) is 5.73 Å². The molecule has 1 heterocycles. The van der Waals surface area contributed by atoms with Crippen LogP contribution in [0.25, 0.3) is 0 Å². The van der Waals surface area contributed by atoms with E-state index in [9.17, 15) is 0 Å². The van der Waals surface area contributed by atoms with E-state index in [0.29, 0.717) is 6.04 Å². The van der Waals surface area contributed by atoms with E-state index in [2.05, 4.69) is 17.2 Å². The molecular formula is C11H17N3. The molecule has 0 amide bonds. The second-order valence-corrected chi connectivity index (χ2v) is 4.13. The average Bonchev–Trinajstić information content (AvgIpc) is 1.99. The number of nitrogens with two attached hydrogens (primary N) is 1. The standard InChI is InChI=1S/C11H17N3/c1-8(9-3-2-4-9)14-11-5-10(12)6-13-7-11/h5-9,14H,2-4,12H2,1H3. The zero-order valence-electron chi connectivity index (χ0n) is 8.53. The number of aromatic nitrogens is 1. The minimum atomic E-state index is 0.535. The molecule has 1 aliphatic rings. The summed E-state index contributed by atoms with van der Waals surface area (Å²) < 4.78 is 0. The number of nitrogen functional groups attached to an aromatic ring is 1. The Bertz CT molecular complexity index is 307. The van der Waals surface area contributed by atoms with Crippen LogP contribution in [0.2, 0.25) is 0 Å². The lowest BCUT2D eigenvalue weighted by Crippen LogP contribution is -2.30. The SMILES string of the molecule is CC(Nc1cncc(N)c1)C1CCC1. The summed E-state index contributed by atoms with van der Waals surface area (Å²) in [5, 5.41) is 3.44. The quantitative estimate of drug-likeness (QED) is 0.770. The summed E-state index contributed by atoms with van der Waals surface area (Å²) in [6.07, 6.45) is 7.57. The van der Waals surface area contributed by atoms with E-state index in [1.807, 2.05) is 12.3 Å². The fourth-order valence-corrected chi connectivity index (χ4v) is 1.86. The molecule has 2 rings (SSSR count). The summed E-state index contributed by atoms with van der Waals surface area (Å²) in [5.41, 5.74) is 7.40. The second kappa shape index (κ2) is 3.86. The fraction of sp³-hybridized carbons (Fsp3) is 0.545. The number of pyridine rings is 1. The highest BCUT2D eigenvalue weighted by Crippen LogP contribution is 2.30. The average molecular weight is 191 g/mol. The van der Waals surface area contributed by atoms with Gasteiger partial charge in [-0.05, 0) is 31.7 Å². The Labute approximate surface area is 84.7 Å². The summed E-state index contributed by atoms with van der Waals surface area (Å²) in [4.78, 5) is 4.05. The van der Waals surface area contributed by atoms with Gasteiger partial charge >= 0.3 is 0 Å². The first kappa shape index (κ1) is 9.31. The van der Waals surface area contributed by atoms with E-state index in [1.54, 1.807) is 6.20 Å². The van der Waals surface area contributed by atoms with Crippen molar-refractivity contribution >= 4 is 11.4 Å². The highest BCUT2D eigenvalue weighted by molar-refractivity contribution is 5.51. The van der Waals surface area contributed by atoms with Crippen LogP contribution in [-0.2, 0) is 0 Å². The normalized spacial score (nSPS) is 18.6. The van der Waals surface area contributed by atoms with Crippen molar-refractivity contribution < 1.29 is 0 Å². The molecule has 0 aromatic carbocycles. The molecule has 76 valence electrons. The molecule has 1 saturated carbocycles. The van der Waals surface area contributed by atoms with Gasteiger partial charge in [0.25, 0.3) is 0 Å². The molecule has 1 unspecified atom stereocenters. The van der Waals surface area contributed by atoms with Crippen molar-refractivity contribution in [2.45, 2.75) is 32.2 Å². The number of anilines is 2. The van der Waals surface area contributed by atoms with E-state index >= 15 is 0 Å². The van der Waals surface area contributed by atoms with Gasteiger partial charge in [0, 0.05) is 12.2 Å². The molecular weight excluding hydrogens is 174 g/mol. The Morgan fingerprint density at radius 1 is 1.50 bits per heavy atom. The van der Waals surface area contributed by atoms with Crippen molar-refractivity contribution in [3.63, 3.8) is 0 Å². The highest BCUT2D eigenvalue weighted by atomic mass is 14.9. The van der Waals surface area contributed by atoms with Crippen molar-refractivity contribution in [3.8, 4) is 0 Å².